The maximum Gasteiger partial charge on any atom is 0.163 e. The minimum Gasteiger partial charge on any atom is -0.496 e. The molecule has 104 valence electrons. The zero-order valence-corrected chi connectivity index (χ0v) is 13.1. The molecule has 4 heteroatoms. The van der Waals surface area contributed by atoms with Crippen molar-refractivity contribution in [3.63, 3.8) is 0 Å². The van der Waals surface area contributed by atoms with E-state index in [1.54, 1.807) is 7.11 Å². The highest BCUT2D eigenvalue weighted by Crippen LogP contribution is 2.45. The highest BCUT2D eigenvalue weighted by molar-refractivity contribution is 9.10. The van der Waals surface area contributed by atoms with E-state index in [-0.39, 0.29) is 12.2 Å². The smallest absolute Gasteiger partial charge is 0.163 e. The summed E-state index contributed by atoms with van der Waals surface area (Å²) >= 11 is 3.55. The number of hydrogen-bond acceptors (Lipinski definition) is 3. The summed E-state index contributed by atoms with van der Waals surface area (Å²) in [7, 11) is 1.68. The zero-order valence-electron chi connectivity index (χ0n) is 11.5. The first-order valence-corrected chi connectivity index (χ1v) is 7.47. The molecule has 1 heterocycles. The fourth-order valence-electron chi connectivity index (χ4n) is 3.17. The first kappa shape index (κ1) is 13.4. The fourth-order valence-corrected chi connectivity index (χ4v) is 3.73. The van der Waals surface area contributed by atoms with Gasteiger partial charge in [-0.1, -0.05) is 6.07 Å². The minimum absolute atomic E-state index is 0.237. The Morgan fingerprint density at radius 3 is 2.37 bits per heavy atom. The summed E-state index contributed by atoms with van der Waals surface area (Å²) in [4.78, 5) is 0. The molecule has 1 aromatic carbocycles. The van der Waals surface area contributed by atoms with E-state index in [1.165, 1.54) is 5.56 Å². The van der Waals surface area contributed by atoms with E-state index in [9.17, 15) is 0 Å². The van der Waals surface area contributed by atoms with Gasteiger partial charge in [0.05, 0.1) is 23.8 Å². The van der Waals surface area contributed by atoms with Gasteiger partial charge in [0.2, 0.25) is 0 Å². The third kappa shape index (κ3) is 2.54. The Bertz CT molecular complexity index is 470. The van der Waals surface area contributed by atoms with Crippen molar-refractivity contribution in [1.29, 1.82) is 0 Å². The highest BCUT2D eigenvalue weighted by Gasteiger charge is 2.47. The molecule has 0 radical (unpaired) electrons. The van der Waals surface area contributed by atoms with Gasteiger partial charge in [0.25, 0.3) is 0 Å². The van der Waals surface area contributed by atoms with Crippen molar-refractivity contribution in [3.05, 3.63) is 28.2 Å². The van der Waals surface area contributed by atoms with Gasteiger partial charge in [0.1, 0.15) is 5.75 Å². The van der Waals surface area contributed by atoms with Gasteiger partial charge in [-0.05, 0) is 66.2 Å². The van der Waals surface area contributed by atoms with Gasteiger partial charge in [-0.2, -0.15) is 0 Å². The third-order valence-corrected chi connectivity index (χ3v) is 4.59. The predicted molar refractivity (Wildman–Crippen MR) is 76.5 cm³/mol. The summed E-state index contributed by atoms with van der Waals surface area (Å²) in [6.45, 7) is 3.98. The van der Waals surface area contributed by atoms with Crippen molar-refractivity contribution in [3.8, 4) is 5.75 Å². The normalized spacial score (nSPS) is 32.3. The molecular formula is C15H19BrO3. The summed E-state index contributed by atoms with van der Waals surface area (Å²) < 4.78 is 18.2. The van der Waals surface area contributed by atoms with Crippen LogP contribution in [-0.2, 0) is 9.47 Å². The third-order valence-electron chi connectivity index (χ3n) is 3.97. The Balaban J connectivity index is 1.74. The standard InChI is InChI=1S/C15H19BrO3/c1-15(2)18-13-7-10(8-14(13)19-15)9-4-5-12(17-3)11(16)6-9/h4-6,10,13-14H,7-8H2,1-3H3/t10-,13-,14+. The first-order chi connectivity index (χ1) is 8.98. The van der Waals surface area contributed by atoms with Crippen molar-refractivity contribution in [2.45, 2.75) is 50.6 Å². The van der Waals surface area contributed by atoms with E-state index in [2.05, 4.69) is 28.1 Å². The molecule has 1 aromatic rings. The van der Waals surface area contributed by atoms with E-state index in [0.717, 1.165) is 23.1 Å². The molecule has 3 rings (SSSR count). The summed E-state index contributed by atoms with van der Waals surface area (Å²) in [6.07, 6.45) is 2.54. The van der Waals surface area contributed by atoms with E-state index < -0.39 is 5.79 Å². The molecule has 1 aliphatic heterocycles. The number of hydrogen-bond donors (Lipinski definition) is 0. The zero-order chi connectivity index (χ0) is 13.6. The quantitative estimate of drug-likeness (QED) is 0.826. The topological polar surface area (TPSA) is 27.7 Å². The number of benzene rings is 1. The van der Waals surface area contributed by atoms with E-state index in [0.29, 0.717) is 5.92 Å². The molecule has 2 fully saturated rings. The number of halogens is 1. The maximum absolute atomic E-state index is 5.94. The SMILES string of the molecule is COc1ccc([C@H]2C[C@@H]3OC(C)(C)O[C@@H]3C2)cc1Br. The summed E-state index contributed by atoms with van der Waals surface area (Å²) in [5, 5.41) is 0. The lowest BCUT2D eigenvalue weighted by atomic mass is 9.97. The Kier molecular flexibility index (Phi) is 3.36. The van der Waals surface area contributed by atoms with Crippen molar-refractivity contribution < 1.29 is 14.2 Å². The molecule has 3 nitrogen and oxygen atoms in total. The Hall–Kier alpha value is -0.580. The average Bonchev–Trinajstić information content (AvgIpc) is 2.82. The number of rotatable bonds is 2. The van der Waals surface area contributed by atoms with Crippen LogP contribution < -0.4 is 4.74 Å². The summed E-state index contributed by atoms with van der Waals surface area (Å²) in [5.41, 5.74) is 1.33. The molecule has 1 aliphatic carbocycles. The number of ether oxygens (including phenoxy) is 3. The van der Waals surface area contributed by atoms with Gasteiger partial charge in [0, 0.05) is 0 Å². The summed E-state index contributed by atoms with van der Waals surface area (Å²) in [6, 6.07) is 6.30. The lowest BCUT2D eigenvalue weighted by Crippen LogP contribution is -2.22. The van der Waals surface area contributed by atoms with Crippen LogP contribution in [0.1, 0.15) is 38.2 Å². The van der Waals surface area contributed by atoms with Crippen LogP contribution in [-0.4, -0.2) is 25.1 Å². The maximum atomic E-state index is 5.94. The molecule has 0 bridgehead atoms. The second-order valence-electron chi connectivity index (χ2n) is 5.77. The van der Waals surface area contributed by atoms with Crippen molar-refractivity contribution in [2.24, 2.45) is 0 Å². The molecule has 0 amide bonds. The molecule has 0 aromatic heterocycles. The fraction of sp³-hybridized carbons (Fsp3) is 0.600. The van der Waals surface area contributed by atoms with Crippen LogP contribution >= 0.6 is 15.9 Å². The van der Waals surface area contributed by atoms with Crippen LogP contribution in [0.25, 0.3) is 0 Å². The van der Waals surface area contributed by atoms with E-state index >= 15 is 0 Å². The number of methoxy groups -OCH3 is 1. The van der Waals surface area contributed by atoms with Crippen LogP contribution in [0, 0.1) is 0 Å². The predicted octanol–water partition coefficient (Wildman–Crippen LogP) is 3.86. The van der Waals surface area contributed by atoms with Gasteiger partial charge >= 0.3 is 0 Å². The second-order valence-corrected chi connectivity index (χ2v) is 6.63. The average molecular weight is 327 g/mol. The molecular weight excluding hydrogens is 308 g/mol. The molecule has 19 heavy (non-hydrogen) atoms. The van der Waals surface area contributed by atoms with Gasteiger partial charge < -0.3 is 14.2 Å². The minimum atomic E-state index is -0.416. The molecule has 2 aliphatic rings. The monoisotopic (exact) mass is 326 g/mol. The molecule has 1 saturated heterocycles. The molecule has 3 atom stereocenters. The molecule has 1 saturated carbocycles. The van der Waals surface area contributed by atoms with E-state index in [4.69, 9.17) is 14.2 Å². The van der Waals surface area contributed by atoms with Crippen molar-refractivity contribution in [1.82, 2.24) is 0 Å². The summed E-state index contributed by atoms with van der Waals surface area (Å²) in [5.74, 6) is 0.963. The van der Waals surface area contributed by atoms with Gasteiger partial charge in [-0.3, -0.25) is 0 Å². The van der Waals surface area contributed by atoms with Crippen LogP contribution in [0.5, 0.6) is 5.75 Å². The lowest BCUT2D eigenvalue weighted by molar-refractivity contribution is -0.152. The van der Waals surface area contributed by atoms with E-state index in [1.807, 2.05) is 19.9 Å². The van der Waals surface area contributed by atoms with Crippen LogP contribution in [0.4, 0.5) is 0 Å². The van der Waals surface area contributed by atoms with Crippen LogP contribution in [0.2, 0.25) is 0 Å². The largest absolute Gasteiger partial charge is 0.496 e. The first-order valence-electron chi connectivity index (χ1n) is 6.67. The number of fused-ring (bicyclic) bond motifs is 1. The lowest BCUT2D eigenvalue weighted by Gasteiger charge is -2.21. The second kappa shape index (κ2) is 4.76. The molecule has 0 spiro atoms. The Morgan fingerprint density at radius 2 is 1.84 bits per heavy atom. The van der Waals surface area contributed by atoms with Crippen molar-refractivity contribution in [2.75, 3.05) is 7.11 Å². The van der Waals surface area contributed by atoms with Crippen molar-refractivity contribution >= 4 is 15.9 Å². The molecule has 0 unspecified atom stereocenters. The molecule has 0 N–H and O–H groups in total. The van der Waals surface area contributed by atoms with Gasteiger partial charge in [0.15, 0.2) is 5.79 Å². The Morgan fingerprint density at radius 1 is 1.21 bits per heavy atom. The van der Waals surface area contributed by atoms with Crippen LogP contribution in [0.3, 0.4) is 0 Å². The highest BCUT2D eigenvalue weighted by atomic mass is 79.9. The van der Waals surface area contributed by atoms with Gasteiger partial charge in [-0.15, -0.1) is 0 Å². The van der Waals surface area contributed by atoms with Gasteiger partial charge in [-0.25, -0.2) is 0 Å². The van der Waals surface area contributed by atoms with Crippen LogP contribution in [0.15, 0.2) is 22.7 Å². The Labute approximate surface area is 122 Å².